The lowest BCUT2D eigenvalue weighted by molar-refractivity contribution is 0.120. The van der Waals surface area contributed by atoms with Gasteiger partial charge in [0.05, 0.1) is 6.54 Å². The van der Waals surface area contributed by atoms with Crippen LogP contribution in [0.1, 0.15) is 18.2 Å². The summed E-state index contributed by atoms with van der Waals surface area (Å²) in [4.78, 5) is 9.26. The summed E-state index contributed by atoms with van der Waals surface area (Å²) in [5.41, 5.74) is 2.13. The Morgan fingerprint density at radius 2 is 1.89 bits per heavy atom. The number of likely N-dealkylation sites (N-methyl/N-ethyl adjacent to an activating group) is 1. The van der Waals surface area contributed by atoms with E-state index in [1.54, 1.807) is 7.05 Å². The molecule has 2 N–H and O–H groups in total. The van der Waals surface area contributed by atoms with Gasteiger partial charge in [-0.25, -0.2) is 0 Å². The number of furan rings is 1. The highest BCUT2D eigenvalue weighted by atomic mass is 127. The summed E-state index contributed by atoms with van der Waals surface area (Å²) in [5, 5.41) is 7.99. The molecule has 1 fully saturated rings. The van der Waals surface area contributed by atoms with Gasteiger partial charge in [0, 0.05) is 56.8 Å². The molecule has 7 heteroatoms. The maximum atomic E-state index is 5.97. The van der Waals surface area contributed by atoms with Crippen molar-refractivity contribution in [1.82, 2.24) is 20.4 Å². The Balaban J connectivity index is 0.00000261. The van der Waals surface area contributed by atoms with Crippen molar-refractivity contribution in [1.29, 1.82) is 0 Å². The van der Waals surface area contributed by atoms with E-state index in [9.17, 15) is 0 Å². The Kier molecular flexibility index (Phi) is 8.37. The zero-order valence-corrected chi connectivity index (χ0v) is 19.1. The van der Waals surface area contributed by atoms with Crippen LogP contribution in [0.2, 0.25) is 0 Å². The summed E-state index contributed by atoms with van der Waals surface area (Å²) in [6.07, 6.45) is 0. The van der Waals surface area contributed by atoms with Crippen LogP contribution in [0.4, 0.5) is 0 Å². The number of para-hydroxylation sites is 1. The van der Waals surface area contributed by atoms with Gasteiger partial charge in [0.2, 0.25) is 0 Å². The lowest BCUT2D eigenvalue weighted by Gasteiger charge is -2.36. The molecule has 0 spiro atoms. The van der Waals surface area contributed by atoms with Gasteiger partial charge in [-0.3, -0.25) is 9.89 Å². The Bertz CT molecular complexity index is 752. The highest BCUT2D eigenvalue weighted by molar-refractivity contribution is 14.0. The average Bonchev–Trinajstić information content (AvgIpc) is 2.98. The smallest absolute Gasteiger partial charge is 0.191 e. The minimum absolute atomic E-state index is 0. The predicted octanol–water partition coefficient (Wildman–Crippen LogP) is 2.66. The lowest BCUT2D eigenvalue weighted by Crippen LogP contribution is -2.52. The third-order valence-corrected chi connectivity index (χ3v) is 5.31. The number of aliphatic imine (C=N–C) groups is 1. The molecule has 1 aliphatic rings. The third kappa shape index (κ3) is 5.58. The fourth-order valence-electron chi connectivity index (χ4n) is 3.41. The number of benzene rings is 1. The van der Waals surface area contributed by atoms with Crippen molar-refractivity contribution in [2.45, 2.75) is 26.4 Å². The maximum absolute atomic E-state index is 5.97. The number of hydrogen-bond donors (Lipinski definition) is 2. The molecule has 0 saturated carbocycles. The van der Waals surface area contributed by atoms with Crippen LogP contribution in [0.15, 0.2) is 33.7 Å². The quantitative estimate of drug-likeness (QED) is 0.388. The number of rotatable bonds is 5. The molecule has 2 heterocycles. The molecular formula is C20H32IN5O. The minimum Gasteiger partial charge on any atom is -0.459 e. The highest BCUT2D eigenvalue weighted by Crippen LogP contribution is 2.24. The standard InChI is InChI=1S/C20H31N5O.HI/c1-15(25-11-9-24(4)10-12-25)13-22-20(21-3)23-14-19-16(2)17-7-5-6-8-18(17)26-19;/h5-8,15H,9-14H2,1-4H3,(H2,21,22,23);1H. The molecule has 6 nitrogen and oxygen atoms in total. The van der Waals surface area contributed by atoms with Crippen LogP contribution in [0.5, 0.6) is 0 Å². The second-order valence-electron chi connectivity index (χ2n) is 7.14. The van der Waals surface area contributed by atoms with Crippen LogP contribution in [-0.4, -0.2) is 68.6 Å². The van der Waals surface area contributed by atoms with E-state index >= 15 is 0 Å². The first-order valence-electron chi connectivity index (χ1n) is 9.42. The minimum atomic E-state index is 0. The van der Waals surface area contributed by atoms with Gasteiger partial charge in [-0.1, -0.05) is 18.2 Å². The second-order valence-corrected chi connectivity index (χ2v) is 7.14. The number of halogens is 1. The molecule has 3 rings (SSSR count). The molecule has 0 radical (unpaired) electrons. The maximum Gasteiger partial charge on any atom is 0.191 e. The average molecular weight is 485 g/mol. The first kappa shape index (κ1) is 22.0. The number of nitrogens with zero attached hydrogens (tertiary/aromatic N) is 3. The van der Waals surface area contributed by atoms with E-state index in [1.807, 2.05) is 18.2 Å². The van der Waals surface area contributed by atoms with E-state index in [0.29, 0.717) is 12.6 Å². The summed E-state index contributed by atoms with van der Waals surface area (Å²) < 4.78 is 5.97. The molecule has 1 aromatic heterocycles. The van der Waals surface area contributed by atoms with Gasteiger partial charge in [0.1, 0.15) is 11.3 Å². The molecule has 1 aromatic carbocycles. The van der Waals surface area contributed by atoms with Crippen LogP contribution in [0.3, 0.4) is 0 Å². The van der Waals surface area contributed by atoms with E-state index in [4.69, 9.17) is 4.42 Å². The van der Waals surface area contributed by atoms with E-state index in [-0.39, 0.29) is 24.0 Å². The first-order chi connectivity index (χ1) is 12.6. The van der Waals surface area contributed by atoms with Crippen molar-refractivity contribution in [3.05, 3.63) is 35.6 Å². The lowest BCUT2D eigenvalue weighted by atomic mass is 10.1. The molecular weight excluding hydrogens is 453 g/mol. The summed E-state index contributed by atoms with van der Waals surface area (Å²) in [5.74, 6) is 1.77. The van der Waals surface area contributed by atoms with Gasteiger partial charge in [0.25, 0.3) is 0 Å². The zero-order valence-electron chi connectivity index (χ0n) is 16.8. The van der Waals surface area contributed by atoms with Crippen LogP contribution in [-0.2, 0) is 6.54 Å². The molecule has 150 valence electrons. The predicted molar refractivity (Wildman–Crippen MR) is 123 cm³/mol. The number of hydrogen-bond acceptors (Lipinski definition) is 4. The fraction of sp³-hybridized carbons (Fsp3) is 0.550. The van der Waals surface area contributed by atoms with Crippen molar-refractivity contribution in [3.63, 3.8) is 0 Å². The monoisotopic (exact) mass is 485 g/mol. The second kappa shape index (κ2) is 10.3. The molecule has 1 atom stereocenters. The molecule has 1 unspecified atom stereocenters. The van der Waals surface area contributed by atoms with Crippen molar-refractivity contribution < 1.29 is 4.42 Å². The molecule has 0 bridgehead atoms. The number of guanidine groups is 1. The Hall–Kier alpha value is -1.32. The van der Waals surface area contributed by atoms with Crippen molar-refractivity contribution in [3.8, 4) is 0 Å². The van der Waals surface area contributed by atoms with E-state index in [2.05, 4.69) is 52.4 Å². The van der Waals surface area contributed by atoms with E-state index in [0.717, 1.165) is 50.0 Å². The van der Waals surface area contributed by atoms with Gasteiger partial charge in [-0.2, -0.15) is 0 Å². The number of piperazine rings is 1. The Morgan fingerprint density at radius 1 is 1.19 bits per heavy atom. The molecule has 1 aliphatic heterocycles. The van der Waals surface area contributed by atoms with E-state index in [1.165, 1.54) is 10.9 Å². The van der Waals surface area contributed by atoms with Crippen LogP contribution in [0.25, 0.3) is 11.0 Å². The zero-order chi connectivity index (χ0) is 18.5. The largest absolute Gasteiger partial charge is 0.459 e. The molecule has 27 heavy (non-hydrogen) atoms. The normalized spacial score (nSPS) is 17.6. The van der Waals surface area contributed by atoms with Gasteiger partial charge in [0.15, 0.2) is 5.96 Å². The Labute approximate surface area is 179 Å². The third-order valence-electron chi connectivity index (χ3n) is 5.31. The Morgan fingerprint density at radius 3 is 2.56 bits per heavy atom. The van der Waals surface area contributed by atoms with Crippen LogP contribution in [0, 0.1) is 6.92 Å². The number of aryl methyl sites for hydroxylation is 1. The summed E-state index contributed by atoms with van der Waals surface area (Å²) in [6.45, 7) is 10.4. The first-order valence-corrected chi connectivity index (χ1v) is 9.42. The molecule has 1 saturated heterocycles. The van der Waals surface area contributed by atoms with Crippen LogP contribution < -0.4 is 10.6 Å². The summed E-state index contributed by atoms with van der Waals surface area (Å²) in [6, 6.07) is 8.64. The van der Waals surface area contributed by atoms with E-state index < -0.39 is 0 Å². The van der Waals surface area contributed by atoms with Crippen molar-refractivity contribution in [2.24, 2.45) is 4.99 Å². The van der Waals surface area contributed by atoms with Gasteiger partial charge in [-0.15, -0.1) is 24.0 Å². The van der Waals surface area contributed by atoms with Gasteiger partial charge in [-0.05, 0) is 27.0 Å². The summed E-state index contributed by atoms with van der Waals surface area (Å²) in [7, 11) is 3.99. The SMILES string of the molecule is CN=C(NCc1oc2ccccc2c1C)NCC(C)N1CCN(C)CC1.I. The topological polar surface area (TPSA) is 56.0 Å². The van der Waals surface area contributed by atoms with Gasteiger partial charge >= 0.3 is 0 Å². The number of fused-ring (bicyclic) bond motifs is 1. The fourth-order valence-corrected chi connectivity index (χ4v) is 3.41. The van der Waals surface area contributed by atoms with Crippen molar-refractivity contribution >= 4 is 40.9 Å². The number of nitrogens with one attached hydrogen (secondary N) is 2. The summed E-state index contributed by atoms with van der Waals surface area (Å²) >= 11 is 0. The van der Waals surface area contributed by atoms with Gasteiger partial charge < -0.3 is 20.0 Å². The highest BCUT2D eigenvalue weighted by Gasteiger charge is 2.19. The molecule has 0 amide bonds. The van der Waals surface area contributed by atoms with Crippen molar-refractivity contribution in [2.75, 3.05) is 46.8 Å². The molecule has 2 aromatic rings. The van der Waals surface area contributed by atoms with Crippen LogP contribution >= 0.6 is 24.0 Å². The molecule has 0 aliphatic carbocycles.